The third kappa shape index (κ3) is 3.96. The highest BCUT2D eigenvalue weighted by molar-refractivity contribution is 5.53. The van der Waals surface area contributed by atoms with Gasteiger partial charge in [-0.3, -0.25) is 0 Å². The second kappa shape index (κ2) is 6.03. The first-order valence-corrected chi connectivity index (χ1v) is 8.39. The minimum Gasteiger partial charge on any atom is -0.456 e. The van der Waals surface area contributed by atoms with E-state index >= 15 is 0 Å². The Balaban J connectivity index is 2.70. The van der Waals surface area contributed by atoms with Crippen LogP contribution in [0.5, 0.6) is 11.5 Å². The van der Waals surface area contributed by atoms with E-state index < -0.39 is 0 Å². The summed E-state index contributed by atoms with van der Waals surface area (Å²) >= 11 is 0. The number of hydrogen-bond acceptors (Lipinski definition) is 1. The van der Waals surface area contributed by atoms with Crippen molar-refractivity contribution in [3.05, 3.63) is 58.7 Å². The average molecular weight is 310 g/mol. The van der Waals surface area contributed by atoms with Crippen molar-refractivity contribution in [1.82, 2.24) is 0 Å². The molecule has 23 heavy (non-hydrogen) atoms. The van der Waals surface area contributed by atoms with Gasteiger partial charge < -0.3 is 4.74 Å². The van der Waals surface area contributed by atoms with Gasteiger partial charge in [-0.1, -0.05) is 77.4 Å². The molecule has 0 saturated carbocycles. The molecule has 0 unspecified atom stereocenters. The minimum absolute atomic E-state index is 0.0318. The van der Waals surface area contributed by atoms with E-state index in [0.29, 0.717) is 0 Å². The standard InChI is InChI=1S/C22H30O/c1-15-13-17(21(3,4)5)20(18(14-15)22(6,7)8)23-19-12-10-9-11-16(19)2/h9-14H,1-8H3. The summed E-state index contributed by atoms with van der Waals surface area (Å²) in [6.45, 7) is 17.8. The smallest absolute Gasteiger partial charge is 0.134 e. The zero-order valence-electron chi connectivity index (χ0n) is 15.9. The highest BCUT2D eigenvalue weighted by Gasteiger charge is 2.28. The molecule has 0 spiro atoms. The molecule has 0 atom stereocenters. The monoisotopic (exact) mass is 310 g/mol. The summed E-state index contributed by atoms with van der Waals surface area (Å²) in [5, 5.41) is 0. The summed E-state index contributed by atoms with van der Waals surface area (Å²) in [5.74, 6) is 1.96. The summed E-state index contributed by atoms with van der Waals surface area (Å²) in [6, 6.07) is 12.8. The molecular formula is C22H30O. The molecule has 0 fully saturated rings. The molecule has 2 rings (SSSR count). The molecule has 1 heteroatoms. The lowest BCUT2D eigenvalue weighted by molar-refractivity contribution is 0.430. The summed E-state index contributed by atoms with van der Waals surface area (Å²) in [5.41, 5.74) is 5.05. The molecule has 0 heterocycles. The third-order valence-corrected chi connectivity index (χ3v) is 4.15. The van der Waals surface area contributed by atoms with Crippen LogP contribution in [0.3, 0.4) is 0 Å². The molecule has 0 bridgehead atoms. The summed E-state index contributed by atoms with van der Waals surface area (Å²) in [4.78, 5) is 0. The first kappa shape index (κ1) is 17.6. The fourth-order valence-corrected chi connectivity index (χ4v) is 2.78. The van der Waals surface area contributed by atoms with E-state index in [1.807, 2.05) is 18.2 Å². The highest BCUT2D eigenvalue weighted by atomic mass is 16.5. The van der Waals surface area contributed by atoms with Gasteiger partial charge in [-0.15, -0.1) is 0 Å². The fraction of sp³-hybridized carbons (Fsp3) is 0.455. The Labute approximate surface area is 141 Å². The number of benzene rings is 2. The lowest BCUT2D eigenvalue weighted by Crippen LogP contribution is -2.19. The van der Waals surface area contributed by atoms with Crippen molar-refractivity contribution in [2.75, 3.05) is 0 Å². The van der Waals surface area contributed by atoms with E-state index in [1.54, 1.807) is 0 Å². The van der Waals surface area contributed by atoms with Crippen molar-refractivity contribution >= 4 is 0 Å². The van der Waals surface area contributed by atoms with Gasteiger partial charge in [0.15, 0.2) is 0 Å². The quantitative estimate of drug-likeness (QED) is 0.600. The van der Waals surface area contributed by atoms with E-state index in [2.05, 4.69) is 73.6 Å². The van der Waals surface area contributed by atoms with E-state index in [4.69, 9.17) is 4.74 Å². The van der Waals surface area contributed by atoms with Gasteiger partial charge in [0.2, 0.25) is 0 Å². The molecule has 0 aliphatic carbocycles. The summed E-state index contributed by atoms with van der Waals surface area (Å²) in [6.07, 6.45) is 0. The van der Waals surface area contributed by atoms with E-state index in [9.17, 15) is 0 Å². The van der Waals surface area contributed by atoms with Crippen molar-refractivity contribution in [3.8, 4) is 11.5 Å². The normalized spacial score (nSPS) is 12.3. The molecule has 0 radical (unpaired) electrons. The van der Waals surface area contributed by atoms with Gasteiger partial charge in [0.05, 0.1) is 0 Å². The maximum Gasteiger partial charge on any atom is 0.134 e. The number of para-hydroxylation sites is 1. The van der Waals surface area contributed by atoms with E-state index in [1.165, 1.54) is 16.7 Å². The molecule has 2 aromatic carbocycles. The molecule has 0 aliphatic rings. The number of rotatable bonds is 2. The molecule has 0 aliphatic heterocycles. The van der Waals surface area contributed by atoms with Gasteiger partial charge in [-0.2, -0.15) is 0 Å². The van der Waals surface area contributed by atoms with Crippen LogP contribution >= 0.6 is 0 Å². The van der Waals surface area contributed by atoms with Crippen LogP contribution in [-0.2, 0) is 10.8 Å². The van der Waals surface area contributed by atoms with Crippen LogP contribution in [0.15, 0.2) is 36.4 Å². The predicted octanol–water partition coefficient (Wildman–Crippen LogP) is 6.69. The van der Waals surface area contributed by atoms with Gasteiger partial charge in [0, 0.05) is 11.1 Å². The second-order valence-corrected chi connectivity index (χ2v) is 8.56. The van der Waals surface area contributed by atoms with Crippen LogP contribution in [0.4, 0.5) is 0 Å². The van der Waals surface area contributed by atoms with Crippen LogP contribution in [-0.4, -0.2) is 0 Å². The largest absolute Gasteiger partial charge is 0.456 e. The van der Waals surface area contributed by atoms with Gasteiger partial charge in [-0.25, -0.2) is 0 Å². The second-order valence-electron chi connectivity index (χ2n) is 8.56. The van der Waals surface area contributed by atoms with E-state index in [0.717, 1.165) is 17.1 Å². The van der Waals surface area contributed by atoms with Crippen LogP contribution < -0.4 is 4.74 Å². The Morgan fingerprint density at radius 2 is 1.22 bits per heavy atom. The Hall–Kier alpha value is -1.76. The lowest BCUT2D eigenvalue weighted by atomic mass is 9.78. The molecule has 0 N–H and O–H groups in total. The first-order valence-electron chi connectivity index (χ1n) is 8.39. The van der Waals surface area contributed by atoms with Crippen LogP contribution in [0.25, 0.3) is 0 Å². The van der Waals surface area contributed by atoms with Crippen LogP contribution in [0, 0.1) is 13.8 Å². The van der Waals surface area contributed by atoms with Crippen LogP contribution in [0.1, 0.15) is 63.8 Å². The topological polar surface area (TPSA) is 9.23 Å². The van der Waals surface area contributed by atoms with Crippen molar-refractivity contribution in [3.63, 3.8) is 0 Å². The van der Waals surface area contributed by atoms with Gasteiger partial charge >= 0.3 is 0 Å². The van der Waals surface area contributed by atoms with Crippen LogP contribution in [0.2, 0.25) is 0 Å². The number of aryl methyl sites for hydroxylation is 2. The van der Waals surface area contributed by atoms with E-state index in [-0.39, 0.29) is 10.8 Å². The Morgan fingerprint density at radius 1 is 0.739 bits per heavy atom. The van der Waals surface area contributed by atoms with Gasteiger partial charge in [0.25, 0.3) is 0 Å². The third-order valence-electron chi connectivity index (χ3n) is 4.15. The van der Waals surface area contributed by atoms with Crippen molar-refractivity contribution in [1.29, 1.82) is 0 Å². The zero-order chi connectivity index (χ0) is 17.4. The number of ether oxygens (including phenoxy) is 1. The fourth-order valence-electron chi connectivity index (χ4n) is 2.78. The molecule has 124 valence electrons. The molecule has 2 aromatic rings. The maximum absolute atomic E-state index is 6.48. The zero-order valence-corrected chi connectivity index (χ0v) is 15.9. The molecule has 1 nitrogen and oxygen atoms in total. The SMILES string of the molecule is Cc1cc(C(C)(C)C)c(Oc2ccccc2C)c(C(C)(C)C)c1. The first-order chi connectivity index (χ1) is 10.5. The number of hydrogen-bond donors (Lipinski definition) is 0. The van der Waals surface area contributed by atoms with Crippen molar-refractivity contribution < 1.29 is 4.74 Å². The Kier molecular flexibility index (Phi) is 4.61. The summed E-state index contributed by atoms with van der Waals surface area (Å²) < 4.78 is 6.48. The Morgan fingerprint density at radius 3 is 1.65 bits per heavy atom. The van der Waals surface area contributed by atoms with Gasteiger partial charge in [0.1, 0.15) is 11.5 Å². The molecule has 0 saturated heterocycles. The highest BCUT2D eigenvalue weighted by Crippen LogP contribution is 2.43. The predicted molar refractivity (Wildman–Crippen MR) is 99.8 cm³/mol. The summed E-state index contributed by atoms with van der Waals surface area (Å²) in [7, 11) is 0. The minimum atomic E-state index is 0.0318. The van der Waals surface area contributed by atoms with Crippen molar-refractivity contribution in [2.45, 2.75) is 66.2 Å². The average Bonchev–Trinajstić information content (AvgIpc) is 2.40. The van der Waals surface area contributed by atoms with Gasteiger partial charge in [-0.05, 0) is 36.3 Å². The lowest BCUT2D eigenvalue weighted by Gasteiger charge is -2.30. The van der Waals surface area contributed by atoms with Crippen molar-refractivity contribution in [2.24, 2.45) is 0 Å². The maximum atomic E-state index is 6.48. The Bertz CT molecular complexity index is 662. The molecule has 0 aromatic heterocycles. The molecule has 0 amide bonds. The molecular weight excluding hydrogens is 280 g/mol.